The monoisotopic (exact) mass is 810 g/mol. The van der Waals surface area contributed by atoms with E-state index in [4.69, 9.17) is 0 Å². The lowest BCUT2D eigenvalue weighted by Crippen LogP contribution is -2.16. The molecule has 2 aliphatic rings. The van der Waals surface area contributed by atoms with Crippen molar-refractivity contribution in [1.82, 2.24) is 0 Å². The van der Waals surface area contributed by atoms with E-state index in [1.807, 2.05) is 11.8 Å². The van der Waals surface area contributed by atoms with Crippen molar-refractivity contribution >= 4 is 67.4 Å². The van der Waals surface area contributed by atoms with Gasteiger partial charge in [0.05, 0.1) is 0 Å². The Bertz CT molecular complexity index is 3350. The first-order valence-electron chi connectivity index (χ1n) is 21.4. The molecule has 0 bridgehead atoms. The van der Waals surface area contributed by atoms with Gasteiger partial charge < -0.3 is 9.80 Å². The second kappa shape index (κ2) is 14.4. The topological polar surface area (TPSA) is 6.48 Å². The molecule has 10 aromatic rings. The smallest absolute Gasteiger partial charge is 0.0473 e. The Hall–Kier alpha value is -7.33. The van der Waals surface area contributed by atoms with Crippen LogP contribution >= 0.6 is 11.8 Å². The van der Waals surface area contributed by atoms with Gasteiger partial charge in [-0.3, -0.25) is 0 Å². The lowest BCUT2D eigenvalue weighted by atomic mass is 9.82. The Kier molecular flexibility index (Phi) is 8.48. The van der Waals surface area contributed by atoms with Gasteiger partial charge in [0.1, 0.15) is 0 Å². The molecule has 1 heterocycles. The normalized spacial score (nSPS) is 13.1. The van der Waals surface area contributed by atoms with Crippen LogP contribution in [0.1, 0.15) is 25.0 Å². The molecule has 294 valence electrons. The first-order chi connectivity index (χ1) is 30.5. The van der Waals surface area contributed by atoms with Crippen molar-refractivity contribution in [3.63, 3.8) is 0 Å². The van der Waals surface area contributed by atoms with Crippen LogP contribution in [-0.2, 0) is 5.41 Å². The second-order valence-corrected chi connectivity index (χ2v) is 18.0. The zero-order valence-corrected chi connectivity index (χ0v) is 35.4. The van der Waals surface area contributed by atoms with Crippen molar-refractivity contribution in [1.29, 1.82) is 0 Å². The maximum absolute atomic E-state index is 2.42. The van der Waals surface area contributed by atoms with E-state index in [1.165, 1.54) is 81.5 Å². The Labute approximate surface area is 367 Å². The lowest BCUT2D eigenvalue weighted by Gasteiger charge is -2.29. The summed E-state index contributed by atoms with van der Waals surface area (Å²) in [5, 5.41) is 5.06. The van der Waals surface area contributed by atoms with Gasteiger partial charge in [-0.05, 0) is 140 Å². The lowest BCUT2D eigenvalue weighted by molar-refractivity contribution is 0.660. The number of hydrogen-bond acceptors (Lipinski definition) is 3. The minimum atomic E-state index is -0.0837. The number of rotatable bonds is 7. The summed E-state index contributed by atoms with van der Waals surface area (Å²) >= 11 is 1.88. The summed E-state index contributed by atoms with van der Waals surface area (Å²) in [5.74, 6) is 0. The maximum Gasteiger partial charge on any atom is 0.0473 e. The third-order valence-corrected chi connectivity index (χ3v) is 14.1. The van der Waals surface area contributed by atoms with Crippen LogP contribution in [-0.4, -0.2) is 0 Å². The largest absolute Gasteiger partial charge is 0.310 e. The van der Waals surface area contributed by atoms with Crippen molar-refractivity contribution in [2.45, 2.75) is 29.1 Å². The fourth-order valence-electron chi connectivity index (χ4n) is 10.00. The standard InChI is InChI=1S/C59H42N2S/c1-59(2)54-22-12-11-20-49(54)50-32-30-46(37-55(50)59)61(43-18-7-4-8-19-43)47-31-33-51-53-35-34-48(52-21-13-23-56(58(52)53)62-57(51)38-47)40-25-27-44(28-26-40)60(42-16-5-3-6-17-42)45-29-24-39-14-9-10-15-41(39)36-45/h3-38H,1-2H3. The van der Waals surface area contributed by atoms with Gasteiger partial charge in [0.15, 0.2) is 0 Å². The Morgan fingerprint density at radius 1 is 0.339 bits per heavy atom. The fraction of sp³-hybridized carbons (Fsp3) is 0.0508. The predicted octanol–water partition coefficient (Wildman–Crippen LogP) is 17.0. The number of hydrogen-bond donors (Lipinski definition) is 0. The molecular formula is C59H42N2S. The average molecular weight is 811 g/mol. The minimum absolute atomic E-state index is 0.0837. The summed E-state index contributed by atoms with van der Waals surface area (Å²) in [6.07, 6.45) is 0. The number of fused-ring (bicyclic) bond motifs is 6. The van der Waals surface area contributed by atoms with E-state index in [0.29, 0.717) is 0 Å². The van der Waals surface area contributed by atoms with Gasteiger partial charge in [-0.1, -0.05) is 165 Å². The molecule has 12 rings (SSSR count). The van der Waals surface area contributed by atoms with Crippen LogP contribution in [0.2, 0.25) is 0 Å². The predicted molar refractivity (Wildman–Crippen MR) is 263 cm³/mol. The van der Waals surface area contributed by atoms with Crippen LogP contribution in [0.3, 0.4) is 0 Å². The van der Waals surface area contributed by atoms with Gasteiger partial charge in [-0.2, -0.15) is 0 Å². The van der Waals surface area contributed by atoms with Gasteiger partial charge in [0, 0.05) is 54.7 Å². The van der Waals surface area contributed by atoms with E-state index >= 15 is 0 Å². The van der Waals surface area contributed by atoms with Gasteiger partial charge in [-0.25, -0.2) is 0 Å². The van der Waals surface area contributed by atoms with E-state index in [2.05, 4.69) is 242 Å². The molecule has 1 aliphatic heterocycles. The molecule has 0 atom stereocenters. The third-order valence-electron chi connectivity index (χ3n) is 13.0. The molecule has 0 radical (unpaired) electrons. The SMILES string of the molecule is CC1(C)c2ccccc2-c2ccc(N(c3ccccc3)c3ccc4c(c3)Sc3cccc5c(-c6ccc(N(c7ccccc7)c7ccc8ccccc8c7)cc6)ccc-4c35)cc21. The molecule has 2 nitrogen and oxygen atoms in total. The van der Waals surface area contributed by atoms with Crippen LogP contribution in [0.15, 0.2) is 228 Å². The third kappa shape index (κ3) is 5.88. The summed E-state index contributed by atoms with van der Waals surface area (Å²) in [5.41, 5.74) is 17.2. The summed E-state index contributed by atoms with van der Waals surface area (Å²) in [6, 6.07) is 80.2. The molecule has 10 aromatic carbocycles. The average Bonchev–Trinajstić information content (AvgIpc) is 3.55. The second-order valence-electron chi connectivity index (χ2n) is 16.9. The van der Waals surface area contributed by atoms with Crippen molar-refractivity contribution in [2.24, 2.45) is 0 Å². The number of nitrogens with zero attached hydrogens (tertiary/aromatic N) is 2. The summed E-state index contributed by atoms with van der Waals surface area (Å²) in [4.78, 5) is 7.32. The number of benzene rings is 10. The molecule has 0 aromatic heterocycles. The Morgan fingerprint density at radius 3 is 1.66 bits per heavy atom. The Morgan fingerprint density at radius 2 is 0.887 bits per heavy atom. The first kappa shape index (κ1) is 36.5. The zero-order chi connectivity index (χ0) is 41.4. The molecule has 3 heteroatoms. The van der Waals surface area contributed by atoms with E-state index in [9.17, 15) is 0 Å². The van der Waals surface area contributed by atoms with Crippen LogP contribution in [0.4, 0.5) is 34.1 Å². The van der Waals surface area contributed by atoms with Crippen molar-refractivity contribution in [2.75, 3.05) is 9.80 Å². The molecule has 1 aliphatic carbocycles. The van der Waals surface area contributed by atoms with Crippen LogP contribution in [0.5, 0.6) is 0 Å². The van der Waals surface area contributed by atoms with Crippen molar-refractivity contribution < 1.29 is 0 Å². The van der Waals surface area contributed by atoms with Gasteiger partial charge in [0.25, 0.3) is 0 Å². The van der Waals surface area contributed by atoms with Gasteiger partial charge in [0.2, 0.25) is 0 Å². The number of anilines is 6. The molecule has 0 saturated heterocycles. The van der Waals surface area contributed by atoms with Gasteiger partial charge in [-0.15, -0.1) is 0 Å². The van der Waals surface area contributed by atoms with Crippen LogP contribution in [0.25, 0.3) is 54.9 Å². The van der Waals surface area contributed by atoms with Crippen LogP contribution < -0.4 is 9.80 Å². The zero-order valence-electron chi connectivity index (χ0n) is 34.6. The summed E-state index contributed by atoms with van der Waals surface area (Å²) in [6.45, 7) is 4.71. The van der Waals surface area contributed by atoms with E-state index < -0.39 is 0 Å². The minimum Gasteiger partial charge on any atom is -0.310 e. The molecule has 0 saturated carbocycles. The molecular weight excluding hydrogens is 769 g/mol. The fourth-order valence-corrected chi connectivity index (χ4v) is 11.2. The summed E-state index contributed by atoms with van der Waals surface area (Å²) in [7, 11) is 0. The highest BCUT2D eigenvalue weighted by Gasteiger charge is 2.36. The molecule has 0 fully saturated rings. The molecule has 0 spiro atoms. The molecule has 0 unspecified atom stereocenters. The van der Waals surface area contributed by atoms with Crippen molar-refractivity contribution in [3.8, 4) is 33.4 Å². The van der Waals surface area contributed by atoms with E-state index in [1.54, 1.807) is 0 Å². The van der Waals surface area contributed by atoms with E-state index in [0.717, 1.165) is 28.4 Å². The molecule has 0 N–H and O–H groups in total. The summed E-state index contributed by atoms with van der Waals surface area (Å²) < 4.78 is 0. The highest BCUT2D eigenvalue weighted by molar-refractivity contribution is 7.99. The van der Waals surface area contributed by atoms with E-state index in [-0.39, 0.29) is 5.41 Å². The first-order valence-corrected chi connectivity index (χ1v) is 22.2. The highest BCUT2D eigenvalue weighted by Crippen LogP contribution is 2.53. The van der Waals surface area contributed by atoms with Crippen LogP contribution in [0, 0.1) is 0 Å². The maximum atomic E-state index is 2.42. The molecule has 62 heavy (non-hydrogen) atoms. The quantitative estimate of drug-likeness (QED) is 0.158. The Balaban J connectivity index is 0.914. The van der Waals surface area contributed by atoms with Crippen molar-refractivity contribution in [3.05, 3.63) is 230 Å². The molecule has 0 amide bonds. The highest BCUT2D eigenvalue weighted by atomic mass is 32.2. The number of para-hydroxylation sites is 2. The van der Waals surface area contributed by atoms with Gasteiger partial charge >= 0.3 is 0 Å².